The summed E-state index contributed by atoms with van der Waals surface area (Å²) in [4.78, 5) is 28.1. The Kier molecular flexibility index (Phi) is 6.67. The van der Waals surface area contributed by atoms with Crippen molar-refractivity contribution in [1.29, 1.82) is 0 Å². The Hall–Kier alpha value is -2.84. The first-order valence-electron chi connectivity index (χ1n) is 8.43. The number of carbonyl (C=O) groups excluding carboxylic acids is 2. The SMILES string of the molecule is CCOC(=O)c1ccc(NC(=O)CSc2n[nH]c(-c3ccc(Cl)cc3)n2)cc1. The van der Waals surface area contributed by atoms with Crippen molar-refractivity contribution < 1.29 is 14.3 Å². The van der Waals surface area contributed by atoms with Crippen molar-refractivity contribution in [2.24, 2.45) is 0 Å². The Morgan fingerprint density at radius 2 is 1.86 bits per heavy atom. The summed E-state index contributed by atoms with van der Waals surface area (Å²) >= 11 is 7.09. The summed E-state index contributed by atoms with van der Waals surface area (Å²) in [6.07, 6.45) is 0. The third kappa shape index (κ3) is 5.34. The van der Waals surface area contributed by atoms with Crippen LogP contribution in [-0.2, 0) is 9.53 Å². The molecule has 0 aliphatic rings. The van der Waals surface area contributed by atoms with Gasteiger partial charge in [0.05, 0.1) is 17.9 Å². The van der Waals surface area contributed by atoms with Gasteiger partial charge in [-0.15, -0.1) is 5.10 Å². The smallest absolute Gasteiger partial charge is 0.338 e. The Balaban J connectivity index is 1.52. The number of rotatable bonds is 7. The molecule has 2 aromatic carbocycles. The van der Waals surface area contributed by atoms with E-state index in [9.17, 15) is 9.59 Å². The van der Waals surface area contributed by atoms with Gasteiger partial charge in [0.1, 0.15) is 0 Å². The number of thioether (sulfide) groups is 1. The molecule has 0 saturated heterocycles. The summed E-state index contributed by atoms with van der Waals surface area (Å²) in [6, 6.07) is 13.7. The lowest BCUT2D eigenvalue weighted by Gasteiger charge is -2.05. The monoisotopic (exact) mass is 416 g/mol. The number of nitrogens with zero attached hydrogens (tertiary/aromatic N) is 2. The third-order valence-electron chi connectivity index (χ3n) is 3.59. The number of nitrogens with one attached hydrogen (secondary N) is 2. The maximum atomic E-state index is 12.1. The van der Waals surface area contributed by atoms with E-state index in [2.05, 4.69) is 20.5 Å². The second kappa shape index (κ2) is 9.38. The first-order valence-corrected chi connectivity index (χ1v) is 9.79. The zero-order valence-electron chi connectivity index (χ0n) is 14.9. The van der Waals surface area contributed by atoms with Gasteiger partial charge in [0.2, 0.25) is 11.1 Å². The van der Waals surface area contributed by atoms with E-state index in [-0.39, 0.29) is 11.7 Å². The van der Waals surface area contributed by atoms with Crippen molar-refractivity contribution in [2.45, 2.75) is 12.1 Å². The number of hydrogen-bond donors (Lipinski definition) is 2. The Bertz CT molecular complexity index is 958. The van der Waals surface area contributed by atoms with E-state index < -0.39 is 5.97 Å². The zero-order valence-corrected chi connectivity index (χ0v) is 16.5. The molecule has 0 bridgehead atoms. The highest BCUT2D eigenvalue weighted by atomic mass is 35.5. The van der Waals surface area contributed by atoms with Gasteiger partial charge >= 0.3 is 5.97 Å². The summed E-state index contributed by atoms with van der Waals surface area (Å²) < 4.78 is 4.92. The zero-order chi connectivity index (χ0) is 19.9. The molecule has 2 N–H and O–H groups in total. The fourth-order valence-electron chi connectivity index (χ4n) is 2.28. The van der Waals surface area contributed by atoms with E-state index in [0.717, 1.165) is 5.56 Å². The molecule has 0 saturated carbocycles. The van der Waals surface area contributed by atoms with Gasteiger partial charge in [-0.1, -0.05) is 23.4 Å². The van der Waals surface area contributed by atoms with Crippen LogP contribution in [0.1, 0.15) is 17.3 Å². The molecule has 0 radical (unpaired) electrons. The standard InChI is InChI=1S/C19H17ClN4O3S/c1-2-27-18(26)13-5-9-15(10-6-13)21-16(25)11-28-19-22-17(23-24-19)12-3-7-14(20)8-4-12/h3-10H,2,11H2,1H3,(H,21,25)(H,22,23,24). The molecular formula is C19H17ClN4O3S. The first kappa shape index (κ1) is 19.9. The quantitative estimate of drug-likeness (QED) is 0.445. The number of benzene rings is 2. The van der Waals surface area contributed by atoms with Crippen molar-refractivity contribution in [3.63, 3.8) is 0 Å². The number of carbonyl (C=O) groups is 2. The predicted molar refractivity (Wildman–Crippen MR) is 109 cm³/mol. The van der Waals surface area contributed by atoms with E-state index >= 15 is 0 Å². The largest absolute Gasteiger partial charge is 0.462 e. The number of H-pyrrole nitrogens is 1. The molecule has 7 nitrogen and oxygen atoms in total. The van der Waals surface area contributed by atoms with Gasteiger partial charge in [-0.25, -0.2) is 9.78 Å². The van der Waals surface area contributed by atoms with E-state index in [4.69, 9.17) is 16.3 Å². The van der Waals surface area contributed by atoms with Gasteiger partial charge < -0.3 is 10.1 Å². The summed E-state index contributed by atoms with van der Waals surface area (Å²) in [7, 11) is 0. The molecule has 3 aromatic rings. The minimum Gasteiger partial charge on any atom is -0.462 e. The summed E-state index contributed by atoms with van der Waals surface area (Å²) in [5.41, 5.74) is 1.88. The van der Waals surface area contributed by atoms with Gasteiger partial charge in [-0.05, 0) is 55.5 Å². The Morgan fingerprint density at radius 1 is 1.14 bits per heavy atom. The predicted octanol–water partition coefficient (Wildman–Crippen LogP) is 4.03. The topological polar surface area (TPSA) is 97.0 Å². The highest BCUT2D eigenvalue weighted by Gasteiger charge is 2.10. The van der Waals surface area contributed by atoms with Gasteiger partial charge in [-0.3, -0.25) is 9.89 Å². The van der Waals surface area contributed by atoms with Crippen LogP contribution in [0, 0.1) is 0 Å². The maximum absolute atomic E-state index is 12.1. The van der Waals surface area contributed by atoms with E-state index in [1.165, 1.54) is 11.8 Å². The number of amides is 1. The Labute approximate surface area is 170 Å². The number of anilines is 1. The van der Waals surface area contributed by atoms with Crippen molar-refractivity contribution in [2.75, 3.05) is 17.7 Å². The lowest BCUT2D eigenvalue weighted by molar-refractivity contribution is -0.113. The molecule has 0 aliphatic carbocycles. The van der Waals surface area contributed by atoms with Crippen LogP contribution in [0.25, 0.3) is 11.4 Å². The van der Waals surface area contributed by atoms with E-state index in [1.54, 1.807) is 43.3 Å². The number of esters is 1. The van der Waals surface area contributed by atoms with Gasteiger partial charge in [0, 0.05) is 16.3 Å². The second-order valence-corrected chi connectivity index (χ2v) is 6.99. The molecule has 0 fully saturated rings. The van der Waals surface area contributed by atoms with Crippen LogP contribution in [0.2, 0.25) is 5.02 Å². The third-order valence-corrected chi connectivity index (χ3v) is 4.69. The molecule has 1 aromatic heterocycles. The molecule has 0 atom stereocenters. The Morgan fingerprint density at radius 3 is 2.54 bits per heavy atom. The molecule has 144 valence electrons. The number of aromatic amines is 1. The minimum atomic E-state index is -0.392. The van der Waals surface area contributed by atoms with Crippen molar-refractivity contribution in [3.8, 4) is 11.4 Å². The number of aromatic nitrogens is 3. The normalized spacial score (nSPS) is 10.5. The van der Waals surface area contributed by atoms with Crippen molar-refractivity contribution in [3.05, 3.63) is 59.1 Å². The summed E-state index contributed by atoms with van der Waals surface area (Å²) in [5.74, 6) is 0.162. The number of halogens is 1. The average Bonchev–Trinajstić information content (AvgIpc) is 3.17. The average molecular weight is 417 g/mol. The van der Waals surface area contributed by atoms with Crippen LogP contribution < -0.4 is 5.32 Å². The molecule has 0 aliphatic heterocycles. The van der Waals surface area contributed by atoms with Crippen LogP contribution in [0.5, 0.6) is 0 Å². The van der Waals surface area contributed by atoms with Crippen LogP contribution in [0.4, 0.5) is 5.69 Å². The van der Waals surface area contributed by atoms with Gasteiger partial charge in [0.25, 0.3) is 0 Å². The first-order chi connectivity index (χ1) is 13.5. The van der Waals surface area contributed by atoms with Gasteiger partial charge in [0.15, 0.2) is 5.82 Å². The van der Waals surface area contributed by atoms with Crippen molar-refractivity contribution >= 4 is 40.9 Å². The molecule has 0 spiro atoms. The number of ether oxygens (including phenoxy) is 1. The van der Waals surface area contributed by atoms with E-state index in [0.29, 0.717) is 33.9 Å². The van der Waals surface area contributed by atoms with Crippen molar-refractivity contribution in [1.82, 2.24) is 15.2 Å². The van der Waals surface area contributed by atoms with Gasteiger partial charge in [-0.2, -0.15) is 0 Å². The lowest BCUT2D eigenvalue weighted by atomic mass is 10.2. The highest BCUT2D eigenvalue weighted by Crippen LogP contribution is 2.21. The van der Waals surface area contributed by atoms with Crippen LogP contribution in [0.15, 0.2) is 53.7 Å². The summed E-state index contributed by atoms with van der Waals surface area (Å²) in [6.45, 7) is 2.06. The molecule has 9 heteroatoms. The van der Waals surface area contributed by atoms with Crippen LogP contribution >= 0.6 is 23.4 Å². The molecule has 1 amide bonds. The number of hydrogen-bond acceptors (Lipinski definition) is 6. The van der Waals surface area contributed by atoms with Crippen LogP contribution in [-0.4, -0.2) is 39.4 Å². The fourth-order valence-corrected chi connectivity index (χ4v) is 3.00. The maximum Gasteiger partial charge on any atom is 0.338 e. The lowest BCUT2D eigenvalue weighted by Crippen LogP contribution is -2.14. The molecule has 3 rings (SSSR count). The minimum absolute atomic E-state index is 0.150. The van der Waals surface area contributed by atoms with E-state index in [1.807, 2.05) is 12.1 Å². The van der Waals surface area contributed by atoms with Crippen LogP contribution in [0.3, 0.4) is 0 Å². The molecule has 0 unspecified atom stereocenters. The molecule has 1 heterocycles. The second-order valence-electron chi connectivity index (χ2n) is 5.61. The molecular weight excluding hydrogens is 400 g/mol. The summed E-state index contributed by atoms with van der Waals surface area (Å²) in [5, 5.41) is 10.8. The fraction of sp³-hybridized carbons (Fsp3) is 0.158. The highest BCUT2D eigenvalue weighted by molar-refractivity contribution is 7.99. The molecule has 28 heavy (non-hydrogen) atoms.